The van der Waals surface area contributed by atoms with Crippen molar-refractivity contribution in [2.45, 2.75) is 19.3 Å². The molecule has 0 atom stereocenters. The lowest BCUT2D eigenvalue weighted by Gasteiger charge is -2.20. The fourth-order valence-corrected chi connectivity index (χ4v) is 3.23. The maximum atomic E-state index is 12.4. The Morgan fingerprint density at radius 3 is 2.83 bits per heavy atom. The van der Waals surface area contributed by atoms with Crippen LogP contribution in [0.3, 0.4) is 0 Å². The maximum Gasteiger partial charge on any atom is 0.422 e. The smallest absolute Gasteiger partial charge is 0.410 e. The van der Waals surface area contributed by atoms with Crippen molar-refractivity contribution in [3.8, 4) is 5.75 Å². The second-order valence-electron chi connectivity index (χ2n) is 5.96. The summed E-state index contributed by atoms with van der Waals surface area (Å²) in [6, 6.07) is 15.4. The predicted octanol–water partition coefficient (Wildman–Crippen LogP) is 3.46. The summed E-state index contributed by atoms with van der Waals surface area (Å²) in [6.45, 7) is 1.12. The van der Waals surface area contributed by atoms with Crippen LogP contribution >= 0.6 is 0 Å². The number of hydrogen-bond acceptors (Lipinski definition) is 4. The number of hydrogen-bond donors (Lipinski definition) is 1. The average molecular weight is 321 g/mol. The number of carbonyl (C=O) groups excluding carboxylic acids is 1. The Morgan fingerprint density at radius 2 is 1.96 bits per heavy atom. The summed E-state index contributed by atoms with van der Waals surface area (Å²) in [7, 11) is 0. The van der Waals surface area contributed by atoms with Crippen molar-refractivity contribution >= 4 is 17.7 Å². The van der Waals surface area contributed by atoms with Crippen molar-refractivity contribution in [1.82, 2.24) is 4.90 Å². The molecule has 0 radical (unpaired) electrons. The van der Waals surface area contributed by atoms with Crippen molar-refractivity contribution in [3.05, 3.63) is 59.7 Å². The number of anilines is 1. The minimum Gasteiger partial charge on any atom is -0.410 e. The summed E-state index contributed by atoms with van der Waals surface area (Å²) in [5.74, 6) is 1.10. The molecular formula is C19H19N3O2. The van der Waals surface area contributed by atoms with Crippen LogP contribution in [0.2, 0.25) is 0 Å². The van der Waals surface area contributed by atoms with Crippen LogP contribution in [-0.4, -0.2) is 30.0 Å². The number of amides is 1. The van der Waals surface area contributed by atoms with Gasteiger partial charge >= 0.3 is 6.09 Å². The van der Waals surface area contributed by atoms with Gasteiger partial charge in [-0.2, -0.15) is 0 Å². The third-order valence-electron chi connectivity index (χ3n) is 4.40. The summed E-state index contributed by atoms with van der Waals surface area (Å²) < 4.78 is 5.43. The van der Waals surface area contributed by atoms with Gasteiger partial charge in [0.15, 0.2) is 0 Å². The Labute approximate surface area is 141 Å². The minimum atomic E-state index is -0.405. The predicted molar refractivity (Wildman–Crippen MR) is 93.6 cm³/mol. The molecule has 122 valence electrons. The van der Waals surface area contributed by atoms with Crippen LogP contribution < -0.4 is 10.1 Å². The van der Waals surface area contributed by atoms with Gasteiger partial charge < -0.3 is 10.1 Å². The molecule has 0 saturated carbocycles. The largest absolute Gasteiger partial charge is 0.422 e. The minimum absolute atomic E-state index is 0.405. The second-order valence-corrected chi connectivity index (χ2v) is 5.96. The van der Waals surface area contributed by atoms with E-state index in [0.717, 1.165) is 18.5 Å². The van der Waals surface area contributed by atoms with Crippen molar-refractivity contribution < 1.29 is 9.53 Å². The Balaban J connectivity index is 1.49. The molecular weight excluding hydrogens is 302 g/mol. The molecule has 4 rings (SSSR count). The molecule has 5 nitrogen and oxygen atoms in total. The van der Waals surface area contributed by atoms with Crippen LogP contribution in [0.5, 0.6) is 5.75 Å². The highest BCUT2D eigenvalue weighted by molar-refractivity contribution is 6.04. The molecule has 0 saturated heterocycles. The zero-order valence-corrected chi connectivity index (χ0v) is 13.4. The van der Waals surface area contributed by atoms with Gasteiger partial charge in [0.25, 0.3) is 0 Å². The van der Waals surface area contributed by atoms with Gasteiger partial charge in [0.2, 0.25) is 5.96 Å². The van der Waals surface area contributed by atoms with Gasteiger partial charge in [-0.15, -0.1) is 0 Å². The standard InChI is InChI=1S/C19H19N3O2/c23-19(24-15-8-2-1-3-9-15)22-13-12-20-18(22)21-17-11-5-7-14-6-4-10-16(14)17/h1-3,5,7-9,11H,4,6,10,12-13H2,(H,20,21). The number of fused-ring (bicyclic) bond motifs is 1. The fourth-order valence-electron chi connectivity index (χ4n) is 3.23. The molecule has 24 heavy (non-hydrogen) atoms. The summed E-state index contributed by atoms with van der Waals surface area (Å²) in [6.07, 6.45) is 2.97. The Kier molecular flexibility index (Phi) is 3.91. The van der Waals surface area contributed by atoms with E-state index in [1.807, 2.05) is 24.3 Å². The molecule has 1 N–H and O–H groups in total. The zero-order valence-electron chi connectivity index (χ0n) is 13.4. The highest BCUT2D eigenvalue weighted by Gasteiger charge is 2.27. The third kappa shape index (κ3) is 2.85. The highest BCUT2D eigenvalue weighted by atomic mass is 16.6. The van der Waals surface area contributed by atoms with E-state index in [1.165, 1.54) is 17.5 Å². The van der Waals surface area contributed by atoms with Crippen LogP contribution in [0.25, 0.3) is 0 Å². The first-order valence-corrected chi connectivity index (χ1v) is 8.28. The molecule has 0 unspecified atom stereocenters. The summed E-state index contributed by atoms with van der Waals surface area (Å²) in [4.78, 5) is 18.4. The normalized spacial score (nSPS) is 15.8. The van der Waals surface area contributed by atoms with Crippen molar-refractivity contribution in [3.63, 3.8) is 0 Å². The number of nitrogens with one attached hydrogen (secondary N) is 1. The molecule has 1 aliphatic heterocycles. The van der Waals surface area contributed by atoms with E-state index in [9.17, 15) is 4.79 Å². The van der Waals surface area contributed by atoms with Crippen LogP contribution in [0, 0.1) is 0 Å². The summed E-state index contributed by atoms with van der Waals surface area (Å²) in [5.41, 5.74) is 3.77. The number of aliphatic imine (C=N–C) groups is 1. The summed E-state index contributed by atoms with van der Waals surface area (Å²) >= 11 is 0. The van der Waals surface area contributed by atoms with Gasteiger partial charge in [-0.05, 0) is 48.6 Å². The molecule has 5 heteroatoms. The van der Waals surface area contributed by atoms with E-state index in [4.69, 9.17) is 4.74 Å². The van der Waals surface area contributed by atoms with Crippen LogP contribution in [0.15, 0.2) is 53.5 Å². The lowest BCUT2D eigenvalue weighted by atomic mass is 10.1. The molecule has 2 aromatic rings. The van der Waals surface area contributed by atoms with E-state index < -0.39 is 6.09 Å². The van der Waals surface area contributed by atoms with E-state index in [2.05, 4.69) is 22.4 Å². The number of ether oxygens (including phenoxy) is 1. The molecule has 2 aromatic carbocycles. The number of para-hydroxylation sites is 1. The zero-order chi connectivity index (χ0) is 16.4. The Morgan fingerprint density at radius 1 is 1.08 bits per heavy atom. The second kappa shape index (κ2) is 6.35. The highest BCUT2D eigenvalue weighted by Crippen LogP contribution is 2.29. The van der Waals surface area contributed by atoms with E-state index in [1.54, 1.807) is 17.0 Å². The fraction of sp³-hybridized carbons (Fsp3) is 0.263. The number of benzene rings is 2. The quantitative estimate of drug-likeness (QED) is 0.921. The molecule has 0 bridgehead atoms. The first-order chi connectivity index (χ1) is 11.8. The van der Waals surface area contributed by atoms with Crippen LogP contribution in [0.1, 0.15) is 17.5 Å². The molecule has 0 fully saturated rings. The SMILES string of the molecule is O=C(Oc1ccccc1)N1CCN=C1Nc1cccc2c1CCC2. The number of guanidine groups is 1. The van der Waals surface area contributed by atoms with E-state index in [0.29, 0.717) is 24.8 Å². The maximum absolute atomic E-state index is 12.4. The molecule has 0 spiro atoms. The Bertz CT molecular complexity index is 786. The molecule has 2 aliphatic rings. The number of nitrogens with zero attached hydrogens (tertiary/aromatic N) is 2. The number of aryl methyl sites for hydroxylation is 1. The van der Waals surface area contributed by atoms with E-state index in [-0.39, 0.29) is 0 Å². The first kappa shape index (κ1) is 14.8. The van der Waals surface area contributed by atoms with Crippen molar-refractivity contribution in [2.75, 3.05) is 18.4 Å². The molecule has 1 aliphatic carbocycles. The van der Waals surface area contributed by atoms with Gasteiger partial charge in [-0.25, -0.2) is 9.69 Å². The lowest BCUT2D eigenvalue weighted by Crippen LogP contribution is -2.40. The van der Waals surface area contributed by atoms with Crippen LogP contribution in [0.4, 0.5) is 10.5 Å². The summed E-state index contributed by atoms with van der Waals surface area (Å²) in [5, 5.41) is 3.33. The van der Waals surface area contributed by atoms with Crippen molar-refractivity contribution in [1.29, 1.82) is 0 Å². The van der Waals surface area contributed by atoms with E-state index >= 15 is 0 Å². The van der Waals surface area contributed by atoms with Gasteiger partial charge in [-0.1, -0.05) is 30.3 Å². The average Bonchev–Trinajstić information content (AvgIpc) is 3.25. The van der Waals surface area contributed by atoms with Gasteiger partial charge in [0, 0.05) is 5.69 Å². The number of carbonyl (C=O) groups is 1. The molecule has 1 amide bonds. The van der Waals surface area contributed by atoms with Crippen molar-refractivity contribution in [2.24, 2.45) is 4.99 Å². The topological polar surface area (TPSA) is 53.9 Å². The molecule has 0 aromatic heterocycles. The lowest BCUT2D eigenvalue weighted by molar-refractivity contribution is 0.179. The Hall–Kier alpha value is -2.82. The molecule has 1 heterocycles. The monoisotopic (exact) mass is 321 g/mol. The third-order valence-corrected chi connectivity index (χ3v) is 4.40. The first-order valence-electron chi connectivity index (χ1n) is 8.28. The van der Waals surface area contributed by atoms with Gasteiger partial charge in [0.05, 0.1) is 13.1 Å². The van der Waals surface area contributed by atoms with Gasteiger partial charge in [-0.3, -0.25) is 4.99 Å². The van der Waals surface area contributed by atoms with Crippen LogP contribution in [-0.2, 0) is 12.8 Å². The van der Waals surface area contributed by atoms with Gasteiger partial charge in [0.1, 0.15) is 5.75 Å². The number of rotatable bonds is 2.